The van der Waals surface area contributed by atoms with Gasteiger partial charge in [0.1, 0.15) is 16.3 Å². The van der Waals surface area contributed by atoms with Crippen molar-refractivity contribution >= 4 is 38.5 Å². The molecule has 0 N–H and O–H groups in total. The molecule has 4 rings (SSSR count). The summed E-state index contributed by atoms with van der Waals surface area (Å²) >= 11 is 1.44. The van der Waals surface area contributed by atoms with Gasteiger partial charge in [0.2, 0.25) is 0 Å². The van der Waals surface area contributed by atoms with E-state index in [4.69, 9.17) is 9.15 Å². The highest BCUT2D eigenvalue weighted by molar-refractivity contribution is 7.21. The monoisotopic (exact) mass is 381 g/mol. The van der Waals surface area contributed by atoms with Gasteiger partial charge >= 0.3 is 11.6 Å². The van der Waals surface area contributed by atoms with Gasteiger partial charge in [0.05, 0.1) is 22.9 Å². The number of fused-ring (bicyclic) bond motifs is 2. The van der Waals surface area contributed by atoms with Gasteiger partial charge in [0.15, 0.2) is 6.10 Å². The number of para-hydroxylation sites is 1. The Morgan fingerprint density at radius 2 is 2.00 bits per heavy atom. The van der Waals surface area contributed by atoms with Crippen LogP contribution >= 0.6 is 11.3 Å². The Kier molecular flexibility index (Phi) is 4.37. The normalized spacial score (nSPS) is 12.2. The summed E-state index contributed by atoms with van der Waals surface area (Å²) in [5.41, 5.74) is 1.16. The summed E-state index contributed by atoms with van der Waals surface area (Å²) in [6, 6.07) is 14.5. The summed E-state index contributed by atoms with van der Waals surface area (Å²) in [4.78, 5) is 28.5. The van der Waals surface area contributed by atoms with Gasteiger partial charge in [-0.15, -0.1) is 11.3 Å². The summed E-state index contributed by atoms with van der Waals surface area (Å²) in [5.74, 6) is -0.0704. The third kappa shape index (κ3) is 3.29. The maximum Gasteiger partial charge on any atom is 0.346 e. The van der Waals surface area contributed by atoms with Crippen molar-refractivity contribution in [2.45, 2.75) is 13.0 Å². The van der Waals surface area contributed by atoms with Crippen LogP contribution in [0.4, 0.5) is 0 Å². The molecule has 0 amide bonds. The average molecular weight is 381 g/mol. The van der Waals surface area contributed by atoms with E-state index in [1.54, 1.807) is 31.2 Å². The fraction of sp³-hybridized carbons (Fsp3) is 0.150. The van der Waals surface area contributed by atoms with Crippen LogP contribution in [-0.4, -0.2) is 24.2 Å². The van der Waals surface area contributed by atoms with Crippen molar-refractivity contribution in [3.8, 4) is 16.3 Å². The van der Waals surface area contributed by atoms with Crippen LogP contribution in [0.25, 0.3) is 31.8 Å². The molecule has 0 aliphatic rings. The minimum absolute atomic E-state index is 0.374. The van der Waals surface area contributed by atoms with E-state index < -0.39 is 17.7 Å². The number of nitrogens with zero attached hydrogens (tertiary/aromatic N) is 1. The minimum atomic E-state index is -0.763. The van der Waals surface area contributed by atoms with Crippen LogP contribution in [0.1, 0.15) is 6.92 Å². The molecule has 7 heteroatoms. The van der Waals surface area contributed by atoms with Gasteiger partial charge in [0, 0.05) is 11.5 Å². The molecule has 1 unspecified atom stereocenters. The fourth-order valence-electron chi connectivity index (χ4n) is 2.72. The number of methoxy groups -OCH3 is 1. The van der Waals surface area contributed by atoms with E-state index in [1.807, 2.05) is 24.3 Å². The minimum Gasteiger partial charge on any atom is -0.479 e. The van der Waals surface area contributed by atoms with Gasteiger partial charge in [-0.2, -0.15) is 0 Å². The van der Waals surface area contributed by atoms with Gasteiger partial charge in [0.25, 0.3) is 0 Å². The quantitative estimate of drug-likeness (QED) is 0.393. The van der Waals surface area contributed by atoms with E-state index in [0.717, 1.165) is 15.6 Å². The van der Waals surface area contributed by atoms with Crippen LogP contribution in [0.3, 0.4) is 0 Å². The predicted octanol–water partition coefficient (Wildman–Crippen LogP) is 4.01. The van der Waals surface area contributed by atoms with Gasteiger partial charge in [-0.25, -0.2) is 14.6 Å². The number of benzene rings is 2. The molecule has 0 radical (unpaired) electrons. The Morgan fingerprint density at radius 1 is 1.19 bits per heavy atom. The molecule has 0 saturated carbocycles. The maximum atomic E-state index is 12.5. The van der Waals surface area contributed by atoms with E-state index in [0.29, 0.717) is 21.9 Å². The van der Waals surface area contributed by atoms with Crippen molar-refractivity contribution in [3.63, 3.8) is 0 Å². The van der Waals surface area contributed by atoms with Crippen molar-refractivity contribution in [2.75, 3.05) is 7.11 Å². The number of carbonyl (C=O) groups is 1. The molecule has 0 aliphatic carbocycles. The highest BCUT2D eigenvalue weighted by Crippen LogP contribution is 2.30. The first-order valence-corrected chi connectivity index (χ1v) is 9.05. The molecule has 4 aromatic rings. The molecule has 0 fully saturated rings. The number of thiazole rings is 1. The van der Waals surface area contributed by atoms with Crippen molar-refractivity contribution < 1.29 is 18.7 Å². The van der Waals surface area contributed by atoms with Gasteiger partial charge in [-0.1, -0.05) is 12.1 Å². The number of hydrogen-bond donors (Lipinski definition) is 0. The van der Waals surface area contributed by atoms with E-state index in [2.05, 4.69) is 9.72 Å². The first-order valence-electron chi connectivity index (χ1n) is 8.23. The topological polar surface area (TPSA) is 78.6 Å². The Labute approximate surface area is 158 Å². The molecule has 2 heterocycles. The first-order chi connectivity index (χ1) is 13.0. The van der Waals surface area contributed by atoms with Crippen LogP contribution in [0, 0.1) is 0 Å². The maximum absolute atomic E-state index is 12.5. The molecule has 2 aromatic carbocycles. The number of carbonyl (C=O) groups excluding carboxylic acids is 1. The Balaban J connectivity index is 1.73. The molecule has 6 nitrogen and oxygen atoms in total. The zero-order chi connectivity index (χ0) is 19.0. The molecule has 2 aromatic heterocycles. The number of aromatic nitrogens is 1. The number of hydrogen-bond acceptors (Lipinski definition) is 7. The van der Waals surface area contributed by atoms with E-state index in [1.165, 1.54) is 18.4 Å². The molecule has 0 aliphatic heterocycles. The summed E-state index contributed by atoms with van der Waals surface area (Å²) in [6.45, 7) is 1.59. The molecule has 0 spiro atoms. The van der Waals surface area contributed by atoms with Gasteiger partial charge in [-0.05, 0) is 37.3 Å². The highest BCUT2D eigenvalue weighted by Gasteiger charge is 2.16. The number of ether oxygens (including phenoxy) is 2. The van der Waals surface area contributed by atoms with E-state index >= 15 is 0 Å². The molecule has 136 valence electrons. The van der Waals surface area contributed by atoms with Gasteiger partial charge in [-0.3, -0.25) is 0 Å². The van der Waals surface area contributed by atoms with Crippen LogP contribution in [0.5, 0.6) is 5.75 Å². The second kappa shape index (κ2) is 6.85. The fourth-order valence-corrected chi connectivity index (χ4v) is 3.69. The molecule has 0 saturated heterocycles. The Morgan fingerprint density at radius 3 is 2.78 bits per heavy atom. The SMILES string of the molecule is COC(=O)C(C)Oc1ccc2cc(-c3nc4ccccc4s3)c(=O)oc2c1. The number of rotatable bonds is 4. The third-order valence-electron chi connectivity index (χ3n) is 4.08. The Hall–Kier alpha value is -3.19. The second-order valence-electron chi connectivity index (χ2n) is 5.92. The lowest BCUT2D eigenvalue weighted by Gasteiger charge is -2.12. The van der Waals surface area contributed by atoms with Gasteiger partial charge < -0.3 is 13.9 Å². The summed E-state index contributed by atoms with van der Waals surface area (Å²) < 4.78 is 16.6. The molecular formula is C20H15NO5S. The highest BCUT2D eigenvalue weighted by atomic mass is 32.1. The average Bonchev–Trinajstić information content (AvgIpc) is 3.10. The summed E-state index contributed by atoms with van der Waals surface area (Å²) in [6.07, 6.45) is -0.763. The summed E-state index contributed by atoms with van der Waals surface area (Å²) in [7, 11) is 1.30. The van der Waals surface area contributed by atoms with Crippen LogP contribution in [0.2, 0.25) is 0 Å². The van der Waals surface area contributed by atoms with E-state index in [-0.39, 0.29) is 0 Å². The first kappa shape index (κ1) is 17.2. The van der Waals surface area contributed by atoms with Crippen molar-refractivity contribution in [1.29, 1.82) is 0 Å². The predicted molar refractivity (Wildman–Crippen MR) is 103 cm³/mol. The van der Waals surface area contributed by atoms with Crippen LogP contribution in [-0.2, 0) is 9.53 Å². The van der Waals surface area contributed by atoms with E-state index in [9.17, 15) is 9.59 Å². The summed E-state index contributed by atoms with van der Waals surface area (Å²) in [5, 5.41) is 1.36. The zero-order valence-corrected chi connectivity index (χ0v) is 15.4. The lowest BCUT2D eigenvalue weighted by molar-refractivity contribution is -0.147. The molecule has 27 heavy (non-hydrogen) atoms. The van der Waals surface area contributed by atoms with Crippen LogP contribution in [0.15, 0.2) is 57.7 Å². The van der Waals surface area contributed by atoms with Crippen molar-refractivity contribution in [3.05, 3.63) is 59.0 Å². The lowest BCUT2D eigenvalue weighted by Crippen LogP contribution is -2.24. The largest absolute Gasteiger partial charge is 0.479 e. The lowest BCUT2D eigenvalue weighted by atomic mass is 10.2. The standard InChI is InChI=1S/C20H15NO5S/c1-11(19(22)24-2)25-13-8-7-12-9-14(20(23)26-16(12)10-13)18-21-15-5-3-4-6-17(15)27-18/h3-11H,1-2H3. The molecule has 1 atom stereocenters. The molecular weight excluding hydrogens is 366 g/mol. The van der Waals surface area contributed by atoms with Crippen LogP contribution < -0.4 is 10.4 Å². The van der Waals surface area contributed by atoms with Crippen molar-refractivity contribution in [2.24, 2.45) is 0 Å². The smallest absolute Gasteiger partial charge is 0.346 e. The zero-order valence-electron chi connectivity index (χ0n) is 14.6. The Bertz CT molecular complexity index is 1180. The molecule has 0 bridgehead atoms. The third-order valence-corrected chi connectivity index (χ3v) is 5.15. The van der Waals surface area contributed by atoms with Crippen molar-refractivity contribution in [1.82, 2.24) is 4.98 Å². The second-order valence-corrected chi connectivity index (χ2v) is 6.95. The number of esters is 1.